The first-order valence-electron chi connectivity index (χ1n) is 3.50. The van der Waals surface area contributed by atoms with Crippen LogP contribution in [0.1, 0.15) is 26.7 Å². The van der Waals surface area contributed by atoms with Crippen molar-refractivity contribution in [2.75, 3.05) is 0 Å². The maximum absolute atomic E-state index is 10.8. The van der Waals surface area contributed by atoms with Gasteiger partial charge in [-0.3, -0.25) is 9.59 Å². The van der Waals surface area contributed by atoms with Crippen LogP contribution in [0, 0.1) is 6.57 Å². The van der Waals surface area contributed by atoms with Crippen molar-refractivity contribution in [1.29, 1.82) is 0 Å². The lowest BCUT2D eigenvalue weighted by molar-refractivity contribution is -0.123. The molecule has 0 aromatic heterocycles. The van der Waals surface area contributed by atoms with Crippen molar-refractivity contribution >= 4 is 11.6 Å². The zero-order chi connectivity index (χ0) is 8.85. The Hall–Kier alpha value is -1.17. The monoisotopic (exact) mass is 153 g/mol. The molecule has 3 nitrogen and oxygen atoms in total. The normalized spacial score (nSPS) is 11.7. The van der Waals surface area contributed by atoms with E-state index in [0.717, 1.165) is 0 Å². The molecular weight excluding hydrogens is 142 g/mol. The molecule has 11 heavy (non-hydrogen) atoms. The fourth-order valence-corrected chi connectivity index (χ4v) is 0.640. The number of hydrogen-bond acceptors (Lipinski definition) is 2. The van der Waals surface area contributed by atoms with E-state index >= 15 is 0 Å². The first kappa shape index (κ1) is 9.83. The van der Waals surface area contributed by atoms with Crippen molar-refractivity contribution in [3.63, 3.8) is 0 Å². The SMILES string of the molecule is [C-]#[N+]C(CC(=O)CC)C(C)=O. The third-order valence-electron chi connectivity index (χ3n) is 1.44. The van der Waals surface area contributed by atoms with Gasteiger partial charge in [-0.1, -0.05) is 6.92 Å². The predicted molar refractivity (Wildman–Crippen MR) is 41.0 cm³/mol. The lowest BCUT2D eigenvalue weighted by Gasteiger charge is -1.97. The number of ketones is 2. The van der Waals surface area contributed by atoms with Crippen LogP contribution in [-0.4, -0.2) is 17.6 Å². The summed E-state index contributed by atoms with van der Waals surface area (Å²) in [6.45, 7) is 9.68. The maximum Gasteiger partial charge on any atom is 0.287 e. The molecule has 0 spiro atoms. The molecule has 0 rings (SSSR count). The molecule has 0 aromatic carbocycles. The molecule has 0 aliphatic rings. The molecule has 3 heteroatoms. The molecule has 0 N–H and O–H groups in total. The van der Waals surface area contributed by atoms with E-state index in [4.69, 9.17) is 6.57 Å². The molecule has 0 fully saturated rings. The van der Waals surface area contributed by atoms with Gasteiger partial charge < -0.3 is 4.85 Å². The second kappa shape index (κ2) is 4.62. The zero-order valence-electron chi connectivity index (χ0n) is 6.76. The van der Waals surface area contributed by atoms with Crippen molar-refractivity contribution in [1.82, 2.24) is 0 Å². The molecule has 0 aromatic rings. The number of carbonyl (C=O) groups is 2. The van der Waals surface area contributed by atoms with Gasteiger partial charge in [0.2, 0.25) is 5.78 Å². The van der Waals surface area contributed by atoms with Crippen LogP contribution in [0.25, 0.3) is 4.85 Å². The average molecular weight is 153 g/mol. The second-order valence-electron chi connectivity index (χ2n) is 2.35. The molecule has 0 saturated heterocycles. The Morgan fingerprint density at radius 3 is 2.36 bits per heavy atom. The van der Waals surface area contributed by atoms with Gasteiger partial charge in [-0.25, -0.2) is 6.57 Å². The standard InChI is InChI=1S/C8H11NO2/c1-4-7(11)5-8(9-3)6(2)10/h8H,4-5H2,1-2H3. The lowest BCUT2D eigenvalue weighted by Crippen LogP contribution is -2.17. The fourth-order valence-electron chi connectivity index (χ4n) is 0.640. The smallest absolute Gasteiger partial charge is 0.287 e. The minimum Gasteiger partial charge on any atom is -0.305 e. The molecule has 1 unspecified atom stereocenters. The second-order valence-corrected chi connectivity index (χ2v) is 2.35. The Bertz CT molecular complexity index is 203. The number of nitrogens with zero attached hydrogens (tertiary/aromatic N) is 1. The van der Waals surface area contributed by atoms with E-state index in [2.05, 4.69) is 4.85 Å². The van der Waals surface area contributed by atoms with Gasteiger partial charge in [0.1, 0.15) is 5.78 Å². The van der Waals surface area contributed by atoms with E-state index in [1.807, 2.05) is 0 Å². The van der Waals surface area contributed by atoms with Crippen LogP contribution in [0.5, 0.6) is 0 Å². The minimum atomic E-state index is -0.748. The predicted octanol–water partition coefficient (Wildman–Crippen LogP) is 1.23. The number of Topliss-reactive ketones (excluding diaryl/α,β-unsaturated/α-hetero) is 2. The van der Waals surface area contributed by atoms with Gasteiger partial charge in [0, 0.05) is 13.3 Å². The average Bonchev–Trinajstić information content (AvgIpc) is 1.99. The van der Waals surface area contributed by atoms with E-state index in [9.17, 15) is 9.59 Å². The third kappa shape index (κ3) is 3.51. The highest BCUT2D eigenvalue weighted by Gasteiger charge is 2.21. The summed E-state index contributed by atoms with van der Waals surface area (Å²) >= 11 is 0. The largest absolute Gasteiger partial charge is 0.305 e. The van der Waals surface area contributed by atoms with Crippen LogP contribution < -0.4 is 0 Å². The highest BCUT2D eigenvalue weighted by Crippen LogP contribution is 2.01. The number of rotatable bonds is 4. The van der Waals surface area contributed by atoms with Crippen LogP contribution >= 0.6 is 0 Å². The number of hydrogen-bond donors (Lipinski definition) is 0. The van der Waals surface area contributed by atoms with Gasteiger partial charge in [0.15, 0.2) is 0 Å². The van der Waals surface area contributed by atoms with E-state index < -0.39 is 6.04 Å². The van der Waals surface area contributed by atoms with Crippen molar-refractivity contribution in [3.05, 3.63) is 11.4 Å². The molecule has 0 heterocycles. The molecule has 0 saturated carbocycles. The molecule has 60 valence electrons. The third-order valence-corrected chi connectivity index (χ3v) is 1.44. The Labute approximate surface area is 66.2 Å². The first-order chi connectivity index (χ1) is 5.11. The fraction of sp³-hybridized carbons (Fsp3) is 0.625. The minimum absolute atomic E-state index is 0.0267. The summed E-state index contributed by atoms with van der Waals surface area (Å²) in [5.41, 5.74) is 0. The quantitative estimate of drug-likeness (QED) is 0.570. The van der Waals surface area contributed by atoms with Gasteiger partial charge in [0.25, 0.3) is 6.04 Å². The molecule has 0 aliphatic heterocycles. The van der Waals surface area contributed by atoms with Crippen LogP contribution in [-0.2, 0) is 9.59 Å². The van der Waals surface area contributed by atoms with E-state index in [-0.39, 0.29) is 18.0 Å². The highest BCUT2D eigenvalue weighted by atomic mass is 16.1. The molecule has 0 aliphatic carbocycles. The molecule has 0 radical (unpaired) electrons. The summed E-state index contributed by atoms with van der Waals surface area (Å²) < 4.78 is 0. The summed E-state index contributed by atoms with van der Waals surface area (Å²) in [6.07, 6.45) is 0.481. The van der Waals surface area contributed by atoms with Crippen LogP contribution in [0.3, 0.4) is 0 Å². The van der Waals surface area contributed by atoms with E-state index in [1.165, 1.54) is 6.92 Å². The van der Waals surface area contributed by atoms with Crippen molar-refractivity contribution in [2.24, 2.45) is 0 Å². The summed E-state index contributed by atoms with van der Waals surface area (Å²) in [5, 5.41) is 0. The molecular formula is C8H11NO2. The Kier molecular flexibility index (Phi) is 4.12. The summed E-state index contributed by atoms with van der Waals surface area (Å²) in [4.78, 5) is 24.5. The Morgan fingerprint density at radius 2 is 2.09 bits per heavy atom. The molecule has 1 atom stereocenters. The first-order valence-corrected chi connectivity index (χ1v) is 3.50. The summed E-state index contributed by atoms with van der Waals surface area (Å²) in [5.74, 6) is -0.247. The van der Waals surface area contributed by atoms with Crippen LogP contribution in [0.4, 0.5) is 0 Å². The maximum atomic E-state index is 10.8. The molecule has 0 bridgehead atoms. The number of carbonyl (C=O) groups excluding carboxylic acids is 2. The van der Waals surface area contributed by atoms with Crippen molar-refractivity contribution in [2.45, 2.75) is 32.7 Å². The van der Waals surface area contributed by atoms with Crippen LogP contribution in [0.2, 0.25) is 0 Å². The van der Waals surface area contributed by atoms with Gasteiger partial charge in [-0.15, -0.1) is 0 Å². The summed E-state index contributed by atoms with van der Waals surface area (Å²) in [6, 6.07) is -0.748. The zero-order valence-corrected chi connectivity index (χ0v) is 6.76. The lowest BCUT2D eigenvalue weighted by atomic mass is 10.1. The topological polar surface area (TPSA) is 38.5 Å². The van der Waals surface area contributed by atoms with Gasteiger partial charge in [-0.05, 0) is 0 Å². The summed E-state index contributed by atoms with van der Waals surface area (Å²) in [7, 11) is 0. The van der Waals surface area contributed by atoms with Crippen molar-refractivity contribution in [3.8, 4) is 0 Å². The van der Waals surface area contributed by atoms with Crippen molar-refractivity contribution < 1.29 is 9.59 Å². The molecule has 0 amide bonds. The highest BCUT2D eigenvalue weighted by molar-refractivity contribution is 5.90. The van der Waals surface area contributed by atoms with Gasteiger partial charge >= 0.3 is 0 Å². The van der Waals surface area contributed by atoms with Gasteiger partial charge in [-0.2, -0.15) is 0 Å². The van der Waals surface area contributed by atoms with E-state index in [1.54, 1.807) is 6.92 Å². The Morgan fingerprint density at radius 1 is 1.55 bits per heavy atom. The Balaban J connectivity index is 4.01. The van der Waals surface area contributed by atoms with Gasteiger partial charge in [0.05, 0.1) is 6.42 Å². The van der Waals surface area contributed by atoms with E-state index in [0.29, 0.717) is 6.42 Å². The van der Waals surface area contributed by atoms with Crippen LogP contribution in [0.15, 0.2) is 0 Å².